The SMILES string of the molecule is CC(=O)C(CCN(C)C(=O)c1cc2cc(Cl)c3c(c2o1)C1(CCCCC1)NC(=O)N3)=C(C)N. The molecule has 1 aliphatic carbocycles. The molecule has 2 heterocycles. The van der Waals surface area contributed by atoms with E-state index in [9.17, 15) is 14.4 Å². The molecule has 2 aliphatic rings. The second-order valence-corrected chi connectivity index (χ2v) is 9.46. The molecule has 3 amide bonds. The number of anilines is 1. The first-order chi connectivity index (χ1) is 15.6. The summed E-state index contributed by atoms with van der Waals surface area (Å²) in [6.45, 7) is 3.46. The van der Waals surface area contributed by atoms with Crippen molar-refractivity contribution in [1.82, 2.24) is 10.2 Å². The van der Waals surface area contributed by atoms with Gasteiger partial charge in [0, 0.05) is 35.8 Å². The standard InChI is InChI=1S/C24H29ClN4O4/c1-13(26)16(14(2)30)7-10-29(3)22(31)18-12-15-11-17(25)20-19(21(15)33-18)24(28-23(32)27-20)8-5-4-6-9-24/h11-12H,4-10,26H2,1-3H3,(H2,27,28,32). The third-order valence-electron chi connectivity index (χ3n) is 6.69. The predicted molar refractivity (Wildman–Crippen MR) is 127 cm³/mol. The van der Waals surface area contributed by atoms with Gasteiger partial charge >= 0.3 is 6.03 Å². The lowest BCUT2D eigenvalue weighted by molar-refractivity contribution is -0.113. The van der Waals surface area contributed by atoms with Gasteiger partial charge in [-0.3, -0.25) is 9.59 Å². The average Bonchev–Trinajstić information content (AvgIpc) is 3.16. The fourth-order valence-electron chi connectivity index (χ4n) is 5.01. The Balaban J connectivity index is 1.70. The van der Waals surface area contributed by atoms with Crippen LogP contribution in [0.4, 0.5) is 10.5 Å². The summed E-state index contributed by atoms with van der Waals surface area (Å²) in [6.07, 6.45) is 5.00. The first kappa shape index (κ1) is 23.2. The molecule has 0 unspecified atom stereocenters. The van der Waals surface area contributed by atoms with E-state index in [0.717, 1.165) is 37.7 Å². The van der Waals surface area contributed by atoms with Crippen LogP contribution in [0.2, 0.25) is 5.02 Å². The van der Waals surface area contributed by atoms with Crippen LogP contribution >= 0.6 is 11.6 Å². The molecule has 176 valence electrons. The smallest absolute Gasteiger partial charge is 0.319 e. The molecule has 4 rings (SSSR count). The Morgan fingerprint density at radius 2 is 1.91 bits per heavy atom. The molecule has 0 radical (unpaired) electrons. The third-order valence-corrected chi connectivity index (χ3v) is 6.99. The van der Waals surface area contributed by atoms with Gasteiger partial charge in [0.2, 0.25) is 0 Å². The molecule has 1 fully saturated rings. The maximum atomic E-state index is 13.1. The molecule has 8 nitrogen and oxygen atoms in total. The van der Waals surface area contributed by atoms with Crippen LogP contribution in [0.15, 0.2) is 27.8 Å². The Bertz CT molecular complexity index is 1170. The Kier molecular flexibility index (Phi) is 6.14. The fraction of sp³-hybridized carbons (Fsp3) is 0.458. The number of carbonyl (C=O) groups is 3. The number of urea groups is 1. The molecule has 33 heavy (non-hydrogen) atoms. The van der Waals surface area contributed by atoms with Gasteiger partial charge in [-0.05, 0) is 45.2 Å². The number of carbonyl (C=O) groups excluding carboxylic acids is 3. The number of allylic oxidation sites excluding steroid dienone is 1. The molecule has 9 heteroatoms. The van der Waals surface area contributed by atoms with Gasteiger partial charge < -0.3 is 25.7 Å². The first-order valence-corrected chi connectivity index (χ1v) is 11.6. The molecule has 4 N–H and O–H groups in total. The van der Waals surface area contributed by atoms with Crippen molar-refractivity contribution in [2.45, 2.75) is 57.9 Å². The molecule has 0 bridgehead atoms. The number of benzene rings is 1. The molecule has 1 aromatic heterocycles. The van der Waals surface area contributed by atoms with Crippen molar-refractivity contribution in [3.05, 3.63) is 39.7 Å². The van der Waals surface area contributed by atoms with E-state index in [4.69, 9.17) is 21.8 Å². The van der Waals surface area contributed by atoms with Crippen LogP contribution in [0.5, 0.6) is 0 Å². The lowest BCUT2D eigenvalue weighted by Crippen LogP contribution is -2.52. The molecule has 1 saturated carbocycles. The summed E-state index contributed by atoms with van der Waals surface area (Å²) in [6, 6.07) is 3.12. The number of Topliss-reactive ketones (excluding diaryl/α,β-unsaturated/α-hetero) is 1. The highest BCUT2D eigenvalue weighted by molar-refractivity contribution is 6.35. The number of fused-ring (bicyclic) bond motifs is 4. The van der Waals surface area contributed by atoms with Crippen LogP contribution in [0.3, 0.4) is 0 Å². The highest BCUT2D eigenvalue weighted by Gasteiger charge is 2.44. The number of amides is 3. The zero-order valence-electron chi connectivity index (χ0n) is 19.1. The van der Waals surface area contributed by atoms with Crippen molar-refractivity contribution in [3.63, 3.8) is 0 Å². The summed E-state index contributed by atoms with van der Waals surface area (Å²) < 4.78 is 6.12. The van der Waals surface area contributed by atoms with Crippen molar-refractivity contribution in [1.29, 1.82) is 0 Å². The Labute approximate surface area is 197 Å². The van der Waals surface area contributed by atoms with E-state index in [-0.39, 0.29) is 23.5 Å². The molecule has 2 aromatic rings. The fourth-order valence-corrected chi connectivity index (χ4v) is 5.27. The normalized spacial score (nSPS) is 17.8. The molecule has 1 aliphatic heterocycles. The van der Waals surface area contributed by atoms with Crippen molar-refractivity contribution >= 4 is 46.0 Å². The Hall–Kier alpha value is -3.00. The van der Waals surface area contributed by atoms with E-state index in [1.54, 1.807) is 26.1 Å². The summed E-state index contributed by atoms with van der Waals surface area (Å²) in [5, 5.41) is 7.06. The van der Waals surface area contributed by atoms with Gasteiger partial charge in [-0.25, -0.2) is 4.79 Å². The van der Waals surface area contributed by atoms with Crippen molar-refractivity contribution in [2.24, 2.45) is 5.73 Å². The first-order valence-electron chi connectivity index (χ1n) is 11.2. The van der Waals surface area contributed by atoms with Crippen LogP contribution in [0.25, 0.3) is 11.0 Å². The highest BCUT2D eigenvalue weighted by atomic mass is 35.5. The molecular weight excluding hydrogens is 444 g/mol. The molecule has 1 aromatic carbocycles. The molecule has 1 spiro atoms. The number of nitrogens with two attached hydrogens (primary N) is 1. The van der Waals surface area contributed by atoms with Gasteiger partial charge in [0.05, 0.1) is 16.2 Å². The summed E-state index contributed by atoms with van der Waals surface area (Å²) in [7, 11) is 1.66. The number of hydrogen-bond donors (Lipinski definition) is 3. The van der Waals surface area contributed by atoms with E-state index in [1.807, 2.05) is 0 Å². The van der Waals surface area contributed by atoms with E-state index in [2.05, 4.69) is 10.6 Å². The minimum Gasteiger partial charge on any atom is -0.450 e. The lowest BCUT2D eigenvalue weighted by atomic mass is 9.74. The number of halogens is 1. The van der Waals surface area contributed by atoms with E-state index in [1.165, 1.54) is 11.8 Å². The van der Waals surface area contributed by atoms with Gasteiger partial charge in [-0.15, -0.1) is 0 Å². The summed E-state index contributed by atoms with van der Waals surface area (Å²) in [5.74, 6) is -0.231. The van der Waals surface area contributed by atoms with Crippen molar-refractivity contribution in [3.8, 4) is 0 Å². The van der Waals surface area contributed by atoms with Gasteiger partial charge in [0.25, 0.3) is 5.91 Å². The number of furan rings is 1. The van der Waals surface area contributed by atoms with Crippen LogP contribution < -0.4 is 16.4 Å². The van der Waals surface area contributed by atoms with Crippen molar-refractivity contribution in [2.75, 3.05) is 18.9 Å². The quantitative estimate of drug-likeness (QED) is 0.547. The van der Waals surface area contributed by atoms with Gasteiger partial charge in [0.15, 0.2) is 11.5 Å². The van der Waals surface area contributed by atoms with E-state index >= 15 is 0 Å². The highest BCUT2D eigenvalue weighted by Crippen LogP contribution is 2.49. The number of hydrogen-bond acceptors (Lipinski definition) is 5. The van der Waals surface area contributed by atoms with E-state index < -0.39 is 5.54 Å². The predicted octanol–water partition coefficient (Wildman–Crippen LogP) is 4.66. The number of nitrogens with one attached hydrogen (secondary N) is 2. The zero-order valence-corrected chi connectivity index (χ0v) is 19.9. The minimum atomic E-state index is -0.566. The summed E-state index contributed by atoms with van der Waals surface area (Å²) in [5.41, 5.74) is 8.13. The van der Waals surface area contributed by atoms with E-state index in [0.29, 0.717) is 45.9 Å². The number of rotatable bonds is 5. The number of ketones is 1. The lowest BCUT2D eigenvalue weighted by Gasteiger charge is -2.42. The topological polar surface area (TPSA) is 118 Å². The maximum absolute atomic E-state index is 13.1. The monoisotopic (exact) mass is 472 g/mol. The second kappa shape index (κ2) is 8.74. The Morgan fingerprint density at radius 3 is 2.55 bits per heavy atom. The molecule has 0 atom stereocenters. The van der Waals surface area contributed by atoms with Crippen molar-refractivity contribution < 1.29 is 18.8 Å². The maximum Gasteiger partial charge on any atom is 0.319 e. The van der Waals surface area contributed by atoms with Crippen LogP contribution in [0, 0.1) is 0 Å². The van der Waals surface area contributed by atoms with Crippen LogP contribution in [-0.4, -0.2) is 36.2 Å². The minimum absolute atomic E-state index is 0.104. The molecular formula is C24H29ClN4O4. The second-order valence-electron chi connectivity index (χ2n) is 9.05. The molecule has 0 saturated heterocycles. The van der Waals surface area contributed by atoms with Gasteiger partial charge in [-0.2, -0.15) is 0 Å². The van der Waals surface area contributed by atoms with Crippen LogP contribution in [-0.2, 0) is 10.3 Å². The largest absolute Gasteiger partial charge is 0.450 e. The third kappa shape index (κ3) is 4.19. The van der Waals surface area contributed by atoms with Crippen LogP contribution in [0.1, 0.15) is 68.5 Å². The summed E-state index contributed by atoms with van der Waals surface area (Å²) in [4.78, 5) is 38.8. The Morgan fingerprint density at radius 1 is 1.21 bits per heavy atom. The zero-order chi connectivity index (χ0) is 23.9. The van der Waals surface area contributed by atoms with Gasteiger partial charge in [0.1, 0.15) is 5.58 Å². The summed E-state index contributed by atoms with van der Waals surface area (Å²) >= 11 is 6.56. The van der Waals surface area contributed by atoms with Gasteiger partial charge in [-0.1, -0.05) is 30.9 Å². The number of nitrogens with zero attached hydrogens (tertiary/aromatic N) is 1. The average molecular weight is 473 g/mol.